The van der Waals surface area contributed by atoms with Gasteiger partial charge < -0.3 is 4.74 Å². The lowest BCUT2D eigenvalue weighted by Crippen LogP contribution is -2.20. The second-order valence-corrected chi connectivity index (χ2v) is 7.65. The van der Waals surface area contributed by atoms with Gasteiger partial charge in [-0.05, 0) is 44.1 Å². The molecule has 0 saturated heterocycles. The molecule has 130 valence electrons. The van der Waals surface area contributed by atoms with E-state index in [-0.39, 0.29) is 35.4 Å². The third-order valence-electron chi connectivity index (χ3n) is 5.20. The molecule has 3 nitrogen and oxygen atoms in total. The van der Waals surface area contributed by atoms with E-state index in [1.165, 1.54) is 5.57 Å². The normalized spacial score (nSPS) is 28.2. The molecule has 2 aliphatic rings. The first kappa shape index (κ1) is 18.4. The average Bonchev–Trinajstić information content (AvgIpc) is 2.90. The molecule has 0 aromatic carbocycles. The first-order valence-electron chi connectivity index (χ1n) is 8.56. The summed E-state index contributed by atoms with van der Waals surface area (Å²) in [7, 11) is 0. The largest absolute Gasteiger partial charge is 0.457 e. The van der Waals surface area contributed by atoms with Crippen molar-refractivity contribution < 1.29 is 14.3 Å². The zero-order valence-corrected chi connectivity index (χ0v) is 15.4. The number of allylic oxidation sites excluding steroid dienone is 6. The van der Waals surface area contributed by atoms with Gasteiger partial charge in [0.15, 0.2) is 5.78 Å². The summed E-state index contributed by atoms with van der Waals surface area (Å²) in [6.45, 7) is 13.8. The second-order valence-electron chi connectivity index (χ2n) is 7.65. The summed E-state index contributed by atoms with van der Waals surface area (Å²) in [6, 6.07) is 0. The van der Waals surface area contributed by atoms with Gasteiger partial charge in [0.2, 0.25) is 0 Å². The molecule has 3 atom stereocenters. The minimum Gasteiger partial charge on any atom is -0.457 e. The van der Waals surface area contributed by atoms with Crippen LogP contribution in [-0.2, 0) is 14.3 Å². The molecule has 0 aliphatic heterocycles. The van der Waals surface area contributed by atoms with E-state index in [2.05, 4.69) is 26.5 Å². The van der Waals surface area contributed by atoms with Gasteiger partial charge in [-0.2, -0.15) is 0 Å². The van der Waals surface area contributed by atoms with Crippen molar-refractivity contribution in [1.29, 1.82) is 0 Å². The van der Waals surface area contributed by atoms with E-state index < -0.39 is 6.10 Å². The highest BCUT2D eigenvalue weighted by Crippen LogP contribution is 2.60. The number of carbonyl (C=O) groups is 2. The van der Waals surface area contributed by atoms with E-state index in [4.69, 9.17) is 4.74 Å². The summed E-state index contributed by atoms with van der Waals surface area (Å²) in [5, 5.41) is 0. The number of rotatable bonds is 6. The molecule has 0 radical (unpaired) electrons. The van der Waals surface area contributed by atoms with Crippen LogP contribution in [-0.4, -0.2) is 17.9 Å². The van der Waals surface area contributed by atoms with Gasteiger partial charge in [-0.15, -0.1) is 0 Å². The summed E-state index contributed by atoms with van der Waals surface area (Å²) >= 11 is 0. The number of hydrogen-bond acceptors (Lipinski definition) is 3. The number of Topliss-reactive ketones (excluding diaryl/α,β-unsaturated/α-hetero) is 1. The summed E-state index contributed by atoms with van der Waals surface area (Å²) in [5.41, 5.74) is 2.80. The zero-order chi connectivity index (χ0) is 18.1. The van der Waals surface area contributed by atoms with Crippen molar-refractivity contribution in [1.82, 2.24) is 0 Å². The van der Waals surface area contributed by atoms with Crippen molar-refractivity contribution in [3.63, 3.8) is 0 Å². The molecule has 1 saturated carbocycles. The van der Waals surface area contributed by atoms with E-state index in [0.29, 0.717) is 6.42 Å². The predicted molar refractivity (Wildman–Crippen MR) is 96.4 cm³/mol. The Labute approximate surface area is 145 Å². The molecule has 0 N–H and O–H groups in total. The number of ether oxygens (including phenoxy) is 1. The Morgan fingerprint density at radius 3 is 2.62 bits per heavy atom. The fourth-order valence-electron chi connectivity index (χ4n) is 3.56. The van der Waals surface area contributed by atoms with Crippen LogP contribution in [0.5, 0.6) is 0 Å². The summed E-state index contributed by atoms with van der Waals surface area (Å²) in [5.74, 6) is 0.0175. The van der Waals surface area contributed by atoms with Crippen molar-refractivity contribution >= 4 is 11.8 Å². The van der Waals surface area contributed by atoms with Crippen LogP contribution in [0.1, 0.15) is 47.5 Å². The fourth-order valence-corrected chi connectivity index (χ4v) is 3.56. The molecule has 0 spiro atoms. The van der Waals surface area contributed by atoms with Gasteiger partial charge in [0.1, 0.15) is 6.10 Å². The molecule has 0 heterocycles. The highest BCUT2D eigenvalue weighted by molar-refractivity contribution is 6.00. The maximum atomic E-state index is 12.6. The van der Waals surface area contributed by atoms with E-state index in [0.717, 1.165) is 11.1 Å². The molecule has 0 amide bonds. The molecular formula is C21H28O3. The molecule has 0 aromatic heterocycles. The SMILES string of the molecule is C=C/C=C/CC1=C(C)[C@@H](OC(=O)[C@@H]2[C@@H](C=C(C)C)C2(C)C)CC1=O. The molecule has 0 aromatic rings. The Hall–Kier alpha value is -1.90. The number of hydrogen-bond donors (Lipinski definition) is 0. The highest BCUT2D eigenvalue weighted by atomic mass is 16.5. The van der Waals surface area contributed by atoms with Crippen LogP contribution < -0.4 is 0 Å². The predicted octanol–water partition coefficient (Wildman–Crippen LogP) is 4.56. The van der Waals surface area contributed by atoms with E-state index in [1.54, 1.807) is 6.08 Å². The molecular weight excluding hydrogens is 300 g/mol. The van der Waals surface area contributed by atoms with Gasteiger partial charge in [-0.1, -0.05) is 50.3 Å². The molecule has 0 bridgehead atoms. The van der Waals surface area contributed by atoms with Gasteiger partial charge in [0.25, 0.3) is 0 Å². The monoisotopic (exact) mass is 328 g/mol. The average molecular weight is 328 g/mol. The maximum Gasteiger partial charge on any atom is 0.310 e. The van der Waals surface area contributed by atoms with E-state index in [9.17, 15) is 9.59 Å². The second kappa shape index (κ2) is 6.92. The summed E-state index contributed by atoms with van der Waals surface area (Å²) in [6.07, 6.45) is 8.01. The lowest BCUT2D eigenvalue weighted by molar-refractivity contribution is -0.150. The fraction of sp³-hybridized carbons (Fsp3) is 0.524. The highest BCUT2D eigenvalue weighted by Gasteiger charge is 2.61. The molecule has 24 heavy (non-hydrogen) atoms. The number of carbonyl (C=O) groups excluding carboxylic acids is 2. The van der Waals surface area contributed by atoms with Crippen LogP contribution in [0.4, 0.5) is 0 Å². The van der Waals surface area contributed by atoms with E-state index in [1.807, 2.05) is 32.9 Å². The smallest absolute Gasteiger partial charge is 0.310 e. The standard InChI is InChI=1S/C21H28O3/c1-7-8-9-10-15-14(4)18(12-17(15)22)24-20(23)19-16(11-13(2)3)21(19,5)6/h7-9,11,16,18-19H,1,10,12H2,2-6H3/b9-8+/t16-,18+,19+/m1/s1. The molecule has 2 aliphatic carbocycles. The van der Waals surface area contributed by atoms with Crippen molar-refractivity contribution in [3.8, 4) is 0 Å². The lowest BCUT2D eigenvalue weighted by Gasteiger charge is -2.13. The zero-order valence-electron chi connectivity index (χ0n) is 15.4. The van der Waals surface area contributed by atoms with Gasteiger partial charge in [-0.25, -0.2) is 0 Å². The van der Waals surface area contributed by atoms with Gasteiger partial charge in [0.05, 0.1) is 12.3 Å². The van der Waals surface area contributed by atoms with Crippen molar-refractivity contribution in [2.75, 3.05) is 0 Å². The van der Waals surface area contributed by atoms with E-state index >= 15 is 0 Å². The topological polar surface area (TPSA) is 43.4 Å². The third-order valence-corrected chi connectivity index (χ3v) is 5.20. The van der Waals surface area contributed by atoms with Crippen LogP contribution in [0, 0.1) is 17.3 Å². The van der Waals surface area contributed by atoms with Crippen LogP contribution in [0.15, 0.2) is 47.6 Å². The molecule has 3 heteroatoms. The number of ketones is 1. The Kier molecular flexibility index (Phi) is 5.32. The first-order chi connectivity index (χ1) is 11.2. The summed E-state index contributed by atoms with van der Waals surface area (Å²) in [4.78, 5) is 24.8. The Morgan fingerprint density at radius 2 is 2.04 bits per heavy atom. The molecule has 0 unspecified atom stereocenters. The molecule has 1 fully saturated rings. The molecule has 2 rings (SSSR count). The Morgan fingerprint density at radius 1 is 1.38 bits per heavy atom. The van der Waals surface area contributed by atoms with Crippen LogP contribution in [0.2, 0.25) is 0 Å². The van der Waals surface area contributed by atoms with Crippen molar-refractivity contribution in [2.24, 2.45) is 17.3 Å². The van der Waals surface area contributed by atoms with Gasteiger partial charge in [0, 0.05) is 5.57 Å². The van der Waals surface area contributed by atoms with Crippen LogP contribution in [0.3, 0.4) is 0 Å². The first-order valence-corrected chi connectivity index (χ1v) is 8.56. The van der Waals surface area contributed by atoms with Gasteiger partial charge in [-0.3, -0.25) is 9.59 Å². The Bertz CT molecular complexity index is 642. The minimum absolute atomic E-state index is 0.0654. The third kappa shape index (κ3) is 3.61. The lowest BCUT2D eigenvalue weighted by atomic mass is 10.1. The van der Waals surface area contributed by atoms with Crippen molar-refractivity contribution in [3.05, 3.63) is 47.6 Å². The maximum absolute atomic E-state index is 12.6. The Balaban J connectivity index is 2.05. The van der Waals surface area contributed by atoms with Crippen LogP contribution in [0.25, 0.3) is 0 Å². The minimum atomic E-state index is -0.402. The van der Waals surface area contributed by atoms with Crippen molar-refractivity contribution in [2.45, 2.75) is 53.6 Å². The van der Waals surface area contributed by atoms with Crippen LogP contribution >= 0.6 is 0 Å². The van der Waals surface area contributed by atoms with Gasteiger partial charge >= 0.3 is 5.97 Å². The quantitative estimate of drug-likeness (QED) is 0.408. The number of esters is 1. The summed E-state index contributed by atoms with van der Waals surface area (Å²) < 4.78 is 5.71.